The lowest BCUT2D eigenvalue weighted by Gasteiger charge is -2.10. The Kier molecular flexibility index (Phi) is 6.69. The van der Waals surface area contributed by atoms with Crippen molar-refractivity contribution in [3.63, 3.8) is 0 Å². The van der Waals surface area contributed by atoms with E-state index in [1.165, 1.54) is 24.3 Å². The number of hydrogen-bond donors (Lipinski definition) is 1. The van der Waals surface area contributed by atoms with E-state index in [1.807, 2.05) is 13.8 Å². The predicted octanol–water partition coefficient (Wildman–Crippen LogP) is 4.60. The molecule has 0 spiro atoms. The predicted molar refractivity (Wildman–Crippen MR) is 95.4 cm³/mol. The van der Waals surface area contributed by atoms with Crippen LogP contribution in [0.2, 0.25) is 0 Å². The van der Waals surface area contributed by atoms with Gasteiger partial charge in [0.1, 0.15) is 11.6 Å². The summed E-state index contributed by atoms with van der Waals surface area (Å²) in [6.45, 7) is 3.89. The van der Waals surface area contributed by atoms with Crippen LogP contribution < -0.4 is 10.1 Å². The van der Waals surface area contributed by atoms with Gasteiger partial charge in [-0.2, -0.15) is 0 Å². The van der Waals surface area contributed by atoms with Crippen molar-refractivity contribution < 1.29 is 18.7 Å². The summed E-state index contributed by atoms with van der Waals surface area (Å²) in [5.41, 5.74) is 1.15. The molecule has 132 valence electrons. The smallest absolute Gasteiger partial charge is 0.224 e. The molecule has 0 heterocycles. The summed E-state index contributed by atoms with van der Waals surface area (Å²) in [6, 6.07) is 12.6. The molecule has 0 bridgehead atoms. The lowest BCUT2D eigenvalue weighted by atomic mass is 10.1. The van der Waals surface area contributed by atoms with E-state index in [0.717, 1.165) is 5.75 Å². The number of anilines is 1. The molecule has 5 heteroatoms. The Bertz CT molecular complexity index is 709. The zero-order valence-corrected chi connectivity index (χ0v) is 14.4. The van der Waals surface area contributed by atoms with Gasteiger partial charge in [-0.3, -0.25) is 9.59 Å². The monoisotopic (exact) mass is 343 g/mol. The summed E-state index contributed by atoms with van der Waals surface area (Å²) in [6.07, 6.45) is 1.03. The number of ether oxygens (including phenoxy) is 1. The van der Waals surface area contributed by atoms with E-state index < -0.39 is 0 Å². The van der Waals surface area contributed by atoms with Crippen LogP contribution in [-0.2, 0) is 4.79 Å². The van der Waals surface area contributed by atoms with Crippen molar-refractivity contribution in [3.8, 4) is 5.75 Å². The van der Waals surface area contributed by atoms with Crippen LogP contribution in [0.3, 0.4) is 0 Å². The van der Waals surface area contributed by atoms with Crippen LogP contribution in [0.1, 0.15) is 43.5 Å². The quantitative estimate of drug-likeness (QED) is 0.713. The lowest BCUT2D eigenvalue weighted by molar-refractivity contribution is -0.116. The minimum atomic E-state index is -0.374. The molecule has 0 radical (unpaired) electrons. The minimum Gasteiger partial charge on any atom is -0.491 e. The second-order valence-electron chi connectivity index (χ2n) is 6.02. The summed E-state index contributed by atoms with van der Waals surface area (Å²) >= 11 is 0. The Morgan fingerprint density at radius 3 is 2.24 bits per heavy atom. The van der Waals surface area contributed by atoms with Crippen LogP contribution in [0, 0.1) is 5.82 Å². The summed E-state index contributed by atoms with van der Waals surface area (Å²) in [4.78, 5) is 23.9. The average Bonchev–Trinajstić information content (AvgIpc) is 2.56. The third-order valence-corrected chi connectivity index (χ3v) is 3.48. The van der Waals surface area contributed by atoms with E-state index >= 15 is 0 Å². The normalized spacial score (nSPS) is 10.6. The van der Waals surface area contributed by atoms with Gasteiger partial charge in [-0.1, -0.05) is 0 Å². The Labute approximate surface area is 147 Å². The van der Waals surface area contributed by atoms with Crippen LogP contribution in [-0.4, -0.2) is 17.8 Å². The number of rotatable bonds is 8. The highest BCUT2D eigenvalue weighted by Crippen LogP contribution is 2.17. The van der Waals surface area contributed by atoms with Gasteiger partial charge in [0.05, 0.1) is 6.10 Å². The second kappa shape index (κ2) is 8.97. The van der Waals surface area contributed by atoms with Gasteiger partial charge in [0.2, 0.25) is 5.91 Å². The number of Topliss-reactive ketones (excluding diaryl/α,β-unsaturated/α-hetero) is 1. The molecule has 0 fully saturated rings. The highest BCUT2D eigenvalue weighted by molar-refractivity contribution is 5.96. The van der Waals surface area contributed by atoms with Crippen molar-refractivity contribution >= 4 is 17.4 Å². The summed E-state index contributed by atoms with van der Waals surface area (Å²) < 4.78 is 18.4. The van der Waals surface area contributed by atoms with E-state index in [1.54, 1.807) is 24.3 Å². The zero-order chi connectivity index (χ0) is 18.2. The topological polar surface area (TPSA) is 55.4 Å². The van der Waals surface area contributed by atoms with Crippen LogP contribution >= 0.6 is 0 Å². The average molecular weight is 343 g/mol. The molecule has 2 aromatic carbocycles. The van der Waals surface area contributed by atoms with Gasteiger partial charge in [-0.15, -0.1) is 0 Å². The molecule has 4 nitrogen and oxygen atoms in total. The second-order valence-corrected chi connectivity index (χ2v) is 6.02. The van der Waals surface area contributed by atoms with Gasteiger partial charge in [0.25, 0.3) is 0 Å². The van der Waals surface area contributed by atoms with E-state index in [0.29, 0.717) is 17.7 Å². The van der Waals surface area contributed by atoms with Crippen molar-refractivity contribution in [1.29, 1.82) is 0 Å². The first kappa shape index (κ1) is 18.6. The maximum absolute atomic E-state index is 12.8. The van der Waals surface area contributed by atoms with Crippen LogP contribution in [0.4, 0.5) is 10.1 Å². The minimum absolute atomic E-state index is 0.0945. The van der Waals surface area contributed by atoms with Gasteiger partial charge in [-0.25, -0.2) is 4.39 Å². The Morgan fingerprint density at radius 1 is 1.00 bits per heavy atom. The molecule has 1 N–H and O–H groups in total. The van der Waals surface area contributed by atoms with Gasteiger partial charge in [-0.05, 0) is 68.8 Å². The molecule has 0 saturated carbocycles. The van der Waals surface area contributed by atoms with Crippen LogP contribution in [0.5, 0.6) is 5.75 Å². The molecular formula is C20H22FNO3. The number of carbonyl (C=O) groups excluding carboxylic acids is 2. The number of hydrogen-bond acceptors (Lipinski definition) is 3. The zero-order valence-electron chi connectivity index (χ0n) is 14.4. The lowest BCUT2D eigenvalue weighted by Crippen LogP contribution is -2.12. The Morgan fingerprint density at radius 2 is 1.64 bits per heavy atom. The van der Waals surface area contributed by atoms with Crippen LogP contribution in [0.25, 0.3) is 0 Å². The van der Waals surface area contributed by atoms with E-state index in [4.69, 9.17) is 4.74 Å². The Balaban J connectivity index is 1.75. The number of amides is 1. The van der Waals surface area contributed by atoms with Crippen LogP contribution in [0.15, 0.2) is 48.5 Å². The van der Waals surface area contributed by atoms with Gasteiger partial charge < -0.3 is 10.1 Å². The third kappa shape index (κ3) is 6.37. The molecule has 0 aromatic heterocycles. The van der Waals surface area contributed by atoms with Crippen molar-refractivity contribution in [2.75, 3.05) is 5.32 Å². The summed E-state index contributed by atoms with van der Waals surface area (Å²) in [5, 5.41) is 2.79. The highest BCUT2D eigenvalue weighted by Gasteiger charge is 2.08. The molecule has 2 rings (SSSR count). The van der Waals surface area contributed by atoms with Crippen molar-refractivity contribution in [3.05, 3.63) is 59.9 Å². The summed E-state index contributed by atoms with van der Waals surface area (Å²) in [5.74, 6) is 0.131. The number of benzene rings is 2. The highest BCUT2D eigenvalue weighted by atomic mass is 19.1. The fourth-order valence-corrected chi connectivity index (χ4v) is 2.30. The molecule has 0 atom stereocenters. The fourth-order valence-electron chi connectivity index (χ4n) is 2.30. The molecule has 0 saturated heterocycles. The SMILES string of the molecule is CC(C)Oc1ccc(NC(=O)CCCC(=O)c2ccc(F)cc2)cc1. The van der Waals surface area contributed by atoms with E-state index in [-0.39, 0.29) is 36.5 Å². The molecular weight excluding hydrogens is 321 g/mol. The van der Waals surface area contributed by atoms with Crippen molar-refractivity contribution in [2.45, 2.75) is 39.2 Å². The maximum atomic E-state index is 12.8. The molecule has 0 aliphatic rings. The number of halogens is 1. The van der Waals surface area contributed by atoms with Crippen molar-refractivity contribution in [1.82, 2.24) is 0 Å². The third-order valence-electron chi connectivity index (χ3n) is 3.48. The van der Waals surface area contributed by atoms with Gasteiger partial charge >= 0.3 is 0 Å². The first-order valence-electron chi connectivity index (χ1n) is 8.29. The number of carbonyl (C=O) groups is 2. The maximum Gasteiger partial charge on any atom is 0.224 e. The number of nitrogens with one attached hydrogen (secondary N) is 1. The molecule has 2 aromatic rings. The molecule has 0 aliphatic carbocycles. The summed E-state index contributed by atoms with van der Waals surface area (Å²) in [7, 11) is 0. The van der Waals surface area contributed by atoms with E-state index in [9.17, 15) is 14.0 Å². The first-order valence-corrected chi connectivity index (χ1v) is 8.29. The molecule has 0 unspecified atom stereocenters. The number of ketones is 1. The van der Waals surface area contributed by atoms with Gasteiger partial charge in [0.15, 0.2) is 5.78 Å². The van der Waals surface area contributed by atoms with E-state index in [2.05, 4.69) is 5.32 Å². The Hall–Kier alpha value is -2.69. The molecule has 1 amide bonds. The molecule has 25 heavy (non-hydrogen) atoms. The molecule has 0 aliphatic heterocycles. The largest absolute Gasteiger partial charge is 0.491 e. The van der Waals surface area contributed by atoms with Crippen molar-refractivity contribution in [2.24, 2.45) is 0 Å². The van der Waals surface area contributed by atoms with Gasteiger partial charge in [0, 0.05) is 24.1 Å². The fraction of sp³-hybridized carbons (Fsp3) is 0.300. The standard InChI is InChI=1S/C20H22FNO3/c1-14(2)25-18-12-10-17(11-13-18)22-20(24)5-3-4-19(23)15-6-8-16(21)9-7-15/h6-14H,3-5H2,1-2H3,(H,22,24). The first-order chi connectivity index (χ1) is 11.9.